The molecule has 5 heteroatoms. The zero-order chi connectivity index (χ0) is 9.56. The number of allylic oxidation sites excluding steroid dienone is 1. The molecule has 0 spiro atoms. The molecule has 0 aromatic rings. The second-order valence-electron chi connectivity index (χ2n) is 1.89. The van der Waals surface area contributed by atoms with Crippen molar-refractivity contribution in [2.75, 3.05) is 0 Å². The van der Waals surface area contributed by atoms with Crippen LogP contribution < -0.4 is 5.32 Å². The van der Waals surface area contributed by atoms with Crippen molar-refractivity contribution in [1.29, 1.82) is 0 Å². The summed E-state index contributed by atoms with van der Waals surface area (Å²) in [5.41, 5.74) is 0. The molecule has 0 aliphatic rings. The number of nitrogens with one attached hydrogen (secondary N) is 1. The second kappa shape index (κ2) is 5.49. The van der Waals surface area contributed by atoms with Crippen molar-refractivity contribution in [1.82, 2.24) is 5.32 Å². The molecule has 0 atom stereocenters. The third-order valence-corrected chi connectivity index (χ3v) is 1.12. The van der Waals surface area contributed by atoms with E-state index in [4.69, 9.17) is 11.6 Å². The Hall–Kier alpha value is -1.16. The van der Waals surface area contributed by atoms with E-state index in [1.54, 1.807) is 13.0 Å². The van der Waals surface area contributed by atoms with Gasteiger partial charge in [0.15, 0.2) is 0 Å². The van der Waals surface area contributed by atoms with E-state index >= 15 is 0 Å². The number of amidine groups is 1. The number of amides is 1. The molecule has 0 heterocycles. The lowest BCUT2D eigenvalue weighted by molar-refractivity contribution is -0.118. The zero-order valence-electron chi connectivity index (χ0n) is 6.97. The zero-order valence-corrected chi connectivity index (χ0v) is 7.72. The number of hydrogen-bond donors (Lipinski definition) is 1. The maximum atomic E-state index is 10.6. The Morgan fingerprint density at radius 2 is 2.25 bits per heavy atom. The maximum Gasteiger partial charge on any atom is 0.223 e. The minimum absolute atomic E-state index is 0.00292. The van der Waals surface area contributed by atoms with Crippen LogP contribution in [0, 0.1) is 0 Å². The van der Waals surface area contributed by atoms with Crippen molar-refractivity contribution in [3.63, 3.8) is 0 Å². The summed E-state index contributed by atoms with van der Waals surface area (Å²) in [6, 6.07) is 0. The van der Waals surface area contributed by atoms with Crippen LogP contribution >= 0.6 is 11.6 Å². The molecule has 66 valence electrons. The van der Waals surface area contributed by atoms with E-state index in [0.717, 1.165) is 0 Å². The van der Waals surface area contributed by atoms with Gasteiger partial charge in [-0.25, -0.2) is 9.98 Å². The first-order valence-electron chi connectivity index (χ1n) is 3.25. The lowest BCUT2D eigenvalue weighted by atomic mass is 10.5. The highest BCUT2D eigenvalue weighted by molar-refractivity contribution is 6.65. The van der Waals surface area contributed by atoms with E-state index in [0.29, 0.717) is 5.82 Å². The summed E-state index contributed by atoms with van der Waals surface area (Å²) in [5, 5.41) is 2.45. The van der Waals surface area contributed by atoms with Crippen molar-refractivity contribution in [2.45, 2.75) is 13.8 Å². The average molecular weight is 188 g/mol. The fraction of sp³-hybridized carbons (Fsp3) is 0.286. The molecule has 0 saturated heterocycles. The van der Waals surface area contributed by atoms with Gasteiger partial charge in [-0.05, 0) is 31.3 Å². The van der Waals surface area contributed by atoms with Crippen molar-refractivity contribution < 1.29 is 4.79 Å². The molecule has 0 aromatic heterocycles. The van der Waals surface area contributed by atoms with Gasteiger partial charge in [-0.1, -0.05) is 0 Å². The van der Waals surface area contributed by atoms with Crippen LogP contribution in [0.1, 0.15) is 13.8 Å². The molecule has 0 aliphatic heterocycles. The van der Waals surface area contributed by atoms with Crippen molar-refractivity contribution in [2.24, 2.45) is 9.98 Å². The van der Waals surface area contributed by atoms with Crippen LogP contribution in [0.4, 0.5) is 0 Å². The summed E-state index contributed by atoms with van der Waals surface area (Å²) in [7, 11) is 0. The normalized spacial score (nSPS) is 12.6. The highest BCUT2D eigenvalue weighted by atomic mass is 35.5. The van der Waals surface area contributed by atoms with E-state index in [2.05, 4.69) is 22.0 Å². The van der Waals surface area contributed by atoms with Gasteiger partial charge in [0.05, 0.1) is 0 Å². The molecule has 0 rings (SSSR count). The van der Waals surface area contributed by atoms with Crippen LogP contribution in [0.25, 0.3) is 0 Å². The van der Waals surface area contributed by atoms with Gasteiger partial charge in [-0.2, -0.15) is 0 Å². The lowest BCUT2D eigenvalue weighted by Crippen LogP contribution is -2.18. The van der Waals surface area contributed by atoms with E-state index in [1.165, 1.54) is 6.92 Å². The highest BCUT2D eigenvalue weighted by Crippen LogP contribution is 1.96. The van der Waals surface area contributed by atoms with Crippen LogP contribution in [0.5, 0.6) is 0 Å². The fourth-order valence-corrected chi connectivity index (χ4v) is 0.571. The lowest BCUT2D eigenvalue weighted by Gasteiger charge is -1.99. The molecule has 0 aromatic carbocycles. The number of nitrogens with zero attached hydrogens (tertiary/aromatic N) is 2. The predicted molar refractivity (Wildman–Crippen MR) is 50.4 cm³/mol. The summed E-state index contributed by atoms with van der Waals surface area (Å²) in [5.74, 6) is 0.153. The Bertz CT molecular complexity index is 245. The summed E-state index contributed by atoms with van der Waals surface area (Å²) >= 11 is 5.45. The van der Waals surface area contributed by atoms with Crippen LogP contribution in [0.15, 0.2) is 21.9 Å². The smallest absolute Gasteiger partial charge is 0.223 e. The first kappa shape index (κ1) is 10.8. The van der Waals surface area contributed by atoms with Gasteiger partial charge in [-0.15, -0.1) is 0 Å². The number of halogens is 1. The SMILES string of the molecule is C=N/C(Cl)=N\C(=C/C)NC(C)=O. The van der Waals surface area contributed by atoms with Gasteiger partial charge in [0.25, 0.3) is 0 Å². The number of aliphatic imine (C=N–C) groups is 2. The quantitative estimate of drug-likeness (QED) is 0.395. The molecule has 0 unspecified atom stereocenters. The molecule has 0 fully saturated rings. The van der Waals surface area contributed by atoms with Gasteiger partial charge in [-0.3, -0.25) is 4.79 Å². The number of carbonyl (C=O) groups is 1. The van der Waals surface area contributed by atoms with Crippen LogP contribution in [-0.2, 0) is 4.79 Å². The van der Waals surface area contributed by atoms with E-state index in [-0.39, 0.29) is 11.2 Å². The van der Waals surface area contributed by atoms with Gasteiger partial charge in [0.1, 0.15) is 5.82 Å². The number of rotatable bonds is 2. The third-order valence-electron chi connectivity index (χ3n) is 0.921. The maximum absolute atomic E-state index is 10.6. The number of carbonyl (C=O) groups excluding carboxylic acids is 1. The Balaban J connectivity index is 4.39. The van der Waals surface area contributed by atoms with Gasteiger partial charge < -0.3 is 5.32 Å². The monoisotopic (exact) mass is 187 g/mol. The standard InChI is InChI=1S/C7H10ClN3O/c1-4-6(10-5(2)12)11-7(8)9-3/h4H,3H2,1-2H3,(H,10,12)/b6-4-,11-7-. The topological polar surface area (TPSA) is 53.8 Å². The summed E-state index contributed by atoms with van der Waals surface area (Å²) in [6.45, 7) is 6.28. The van der Waals surface area contributed by atoms with E-state index in [1.807, 2.05) is 0 Å². The van der Waals surface area contributed by atoms with Crippen LogP contribution in [0.3, 0.4) is 0 Å². The number of hydrogen-bond acceptors (Lipinski definition) is 2. The Morgan fingerprint density at radius 1 is 1.67 bits per heavy atom. The molecule has 4 nitrogen and oxygen atoms in total. The minimum atomic E-state index is -0.208. The Morgan fingerprint density at radius 3 is 2.58 bits per heavy atom. The molecule has 1 amide bonds. The van der Waals surface area contributed by atoms with E-state index < -0.39 is 0 Å². The highest BCUT2D eigenvalue weighted by Gasteiger charge is 1.96. The van der Waals surface area contributed by atoms with Crippen LogP contribution in [-0.4, -0.2) is 17.9 Å². The van der Waals surface area contributed by atoms with Gasteiger partial charge >= 0.3 is 0 Å². The molecule has 0 aliphatic carbocycles. The van der Waals surface area contributed by atoms with Crippen molar-refractivity contribution >= 4 is 29.5 Å². The summed E-state index contributed by atoms with van der Waals surface area (Å²) < 4.78 is 0. The third kappa shape index (κ3) is 4.62. The van der Waals surface area contributed by atoms with Crippen molar-refractivity contribution in [3.05, 3.63) is 11.9 Å². The molecule has 12 heavy (non-hydrogen) atoms. The molecule has 1 N–H and O–H groups in total. The van der Waals surface area contributed by atoms with Gasteiger partial charge in [0, 0.05) is 6.92 Å². The van der Waals surface area contributed by atoms with Crippen LogP contribution in [0.2, 0.25) is 0 Å². The molecular weight excluding hydrogens is 178 g/mol. The fourth-order valence-electron chi connectivity index (χ4n) is 0.480. The van der Waals surface area contributed by atoms with Crippen molar-refractivity contribution in [3.8, 4) is 0 Å². The minimum Gasteiger partial charge on any atom is -0.311 e. The predicted octanol–water partition coefficient (Wildman–Crippen LogP) is 1.28. The average Bonchev–Trinajstić information content (AvgIpc) is 2.02. The Labute approximate surface area is 76.0 Å². The molecular formula is C7H10ClN3O. The molecule has 0 saturated carbocycles. The summed E-state index contributed by atoms with van der Waals surface area (Å²) in [6.07, 6.45) is 1.61. The first-order valence-corrected chi connectivity index (χ1v) is 3.62. The summed E-state index contributed by atoms with van der Waals surface area (Å²) in [4.78, 5) is 17.7. The first-order chi connectivity index (χ1) is 5.60. The molecule has 0 radical (unpaired) electrons. The largest absolute Gasteiger partial charge is 0.311 e. The van der Waals surface area contributed by atoms with Gasteiger partial charge in [0.2, 0.25) is 11.2 Å². The Kier molecular flexibility index (Phi) is 4.96. The second-order valence-corrected chi connectivity index (χ2v) is 2.23. The molecule has 0 bridgehead atoms. The van der Waals surface area contributed by atoms with E-state index in [9.17, 15) is 4.79 Å².